The Morgan fingerprint density at radius 2 is 1.93 bits per heavy atom. The molecule has 0 spiro atoms. The number of nitrogens with one attached hydrogen (secondary N) is 2. The first-order valence-electron chi connectivity index (χ1n) is 8.73. The Morgan fingerprint density at radius 3 is 2.61 bits per heavy atom. The molecule has 8 heteroatoms. The molecule has 2 aromatic carbocycles. The molecule has 3 amide bonds. The number of methoxy groups -OCH3 is 1. The third-order valence-electron chi connectivity index (χ3n) is 4.51. The maximum Gasteiger partial charge on any atom is 0.269 e. The highest BCUT2D eigenvalue weighted by atomic mass is 79.9. The van der Waals surface area contributed by atoms with Crippen LogP contribution in [0.5, 0.6) is 5.75 Å². The number of ether oxygens (including phenoxy) is 1. The van der Waals surface area contributed by atoms with Crippen LogP contribution in [-0.2, 0) is 16.1 Å². The van der Waals surface area contributed by atoms with Crippen LogP contribution < -0.4 is 15.6 Å². The third kappa shape index (κ3) is 4.69. The second-order valence-corrected chi connectivity index (χ2v) is 7.31. The van der Waals surface area contributed by atoms with Crippen molar-refractivity contribution in [3.05, 3.63) is 64.1 Å². The zero-order valence-corrected chi connectivity index (χ0v) is 16.9. The van der Waals surface area contributed by atoms with Crippen LogP contribution in [0.4, 0.5) is 0 Å². The first-order valence-corrected chi connectivity index (χ1v) is 9.52. The van der Waals surface area contributed by atoms with Gasteiger partial charge < -0.3 is 9.64 Å². The Labute approximate surface area is 171 Å². The van der Waals surface area contributed by atoms with Gasteiger partial charge in [-0.05, 0) is 39.7 Å². The number of carbonyl (C=O) groups is 3. The van der Waals surface area contributed by atoms with E-state index in [1.807, 2.05) is 30.3 Å². The largest absolute Gasteiger partial charge is 0.496 e. The quantitative estimate of drug-likeness (QED) is 0.690. The van der Waals surface area contributed by atoms with Crippen molar-refractivity contribution >= 4 is 33.7 Å². The highest BCUT2D eigenvalue weighted by Gasteiger charge is 2.34. The van der Waals surface area contributed by atoms with Gasteiger partial charge in [-0.3, -0.25) is 25.2 Å². The standard InChI is InChI=1S/C20H20BrN3O4/c1-28-17-8-7-14(9-16(17)21)19(26)22-23-20(27)15-10-18(25)24(12-15)11-13-5-3-2-4-6-13/h2-9,15H,10-12H2,1H3,(H,22,26)(H,23,27). The molecule has 146 valence electrons. The lowest BCUT2D eigenvalue weighted by Gasteiger charge is -2.16. The van der Waals surface area contributed by atoms with E-state index in [4.69, 9.17) is 4.74 Å². The highest BCUT2D eigenvalue weighted by molar-refractivity contribution is 9.10. The lowest BCUT2D eigenvalue weighted by atomic mass is 10.1. The minimum absolute atomic E-state index is 0.0746. The van der Waals surface area contributed by atoms with Crippen molar-refractivity contribution in [3.63, 3.8) is 0 Å². The van der Waals surface area contributed by atoms with Gasteiger partial charge in [0.25, 0.3) is 5.91 Å². The molecule has 2 aromatic rings. The molecule has 0 radical (unpaired) electrons. The van der Waals surface area contributed by atoms with Crippen LogP contribution in [-0.4, -0.2) is 36.3 Å². The van der Waals surface area contributed by atoms with Gasteiger partial charge in [-0.2, -0.15) is 0 Å². The number of hydrogen-bond donors (Lipinski definition) is 2. The summed E-state index contributed by atoms with van der Waals surface area (Å²) in [7, 11) is 1.53. The number of rotatable bonds is 5. The molecule has 0 saturated carbocycles. The zero-order valence-electron chi connectivity index (χ0n) is 15.3. The van der Waals surface area contributed by atoms with E-state index in [-0.39, 0.29) is 18.2 Å². The van der Waals surface area contributed by atoms with E-state index in [0.717, 1.165) is 5.56 Å². The number of hydrazine groups is 1. The smallest absolute Gasteiger partial charge is 0.269 e. The van der Waals surface area contributed by atoms with Crippen molar-refractivity contribution in [1.29, 1.82) is 0 Å². The Balaban J connectivity index is 1.53. The van der Waals surface area contributed by atoms with E-state index in [1.54, 1.807) is 23.1 Å². The molecule has 1 unspecified atom stereocenters. The summed E-state index contributed by atoms with van der Waals surface area (Å²) < 4.78 is 5.75. The van der Waals surface area contributed by atoms with E-state index >= 15 is 0 Å². The molecule has 1 heterocycles. The molecule has 1 aliphatic heterocycles. The topological polar surface area (TPSA) is 87.7 Å². The predicted octanol–water partition coefficient (Wildman–Crippen LogP) is 2.27. The predicted molar refractivity (Wildman–Crippen MR) is 106 cm³/mol. The maximum absolute atomic E-state index is 12.4. The van der Waals surface area contributed by atoms with Gasteiger partial charge in [0.2, 0.25) is 11.8 Å². The van der Waals surface area contributed by atoms with Crippen LogP contribution in [0.3, 0.4) is 0 Å². The highest BCUT2D eigenvalue weighted by Crippen LogP contribution is 2.25. The van der Waals surface area contributed by atoms with Crippen LogP contribution in [0.15, 0.2) is 53.0 Å². The monoisotopic (exact) mass is 445 g/mol. The molecule has 0 bridgehead atoms. The summed E-state index contributed by atoms with van der Waals surface area (Å²) in [5, 5.41) is 0. The van der Waals surface area contributed by atoms with Crippen molar-refractivity contribution in [2.45, 2.75) is 13.0 Å². The van der Waals surface area contributed by atoms with Crippen LogP contribution in [0.25, 0.3) is 0 Å². The minimum atomic E-state index is -0.501. The van der Waals surface area contributed by atoms with Crippen molar-refractivity contribution in [3.8, 4) is 5.75 Å². The molecular formula is C20H20BrN3O4. The summed E-state index contributed by atoms with van der Waals surface area (Å²) in [5.74, 6) is -0.816. The van der Waals surface area contributed by atoms with Crippen molar-refractivity contribution in [2.75, 3.05) is 13.7 Å². The maximum atomic E-state index is 12.4. The summed E-state index contributed by atoms with van der Waals surface area (Å²) >= 11 is 3.31. The van der Waals surface area contributed by atoms with Gasteiger partial charge in [0.15, 0.2) is 0 Å². The molecule has 3 rings (SSSR count). The number of likely N-dealkylation sites (tertiary alicyclic amines) is 1. The summed E-state index contributed by atoms with van der Waals surface area (Å²) in [6, 6.07) is 14.4. The van der Waals surface area contributed by atoms with Gasteiger partial charge in [0.1, 0.15) is 5.75 Å². The lowest BCUT2D eigenvalue weighted by Crippen LogP contribution is -2.45. The SMILES string of the molecule is COc1ccc(C(=O)NNC(=O)C2CC(=O)N(Cc3ccccc3)C2)cc1Br. The van der Waals surface area contributed by atoms with Gasteiger partial charge in [-0.25, -0.2) is 0 Å². The number of benzene rings is 2. The van der Waals surface area contributed by atoms with E-state index in [9.17, 15) is 14.4 Å². The Hall–Kier alpha value is -2.87. The molecule has 28 heavy (non-hydrogen) atoms. The van der Waals surface area contributed by atoms with Crippen molar-refractivity contribution < 1.29 is 19.1 Å². The van der Waals surface area contributed by atoms with Gasteiger partial charge in [-0.15, -0.1) is 0 Å². The molecule has 1 fully saturated rings. The molecule has 1 saturated heterocycles. The minimum Gasteiger partial charge on any atom is -0.496 e. The Morgan fingerprint density at radius 1 is 1.18 bits per heavy atom. The normalized spacial score (nSPS) is 16.0. The van der Waals surface area contributed by atoms with Crippen LogP contribution in [0.1, 0.15) is 22.3 Å². The van der Waals surface area contributed by atoms with Crippen molar-refractivity contribution in [1.82, 2.24) is 15.8 Å². The average molecular weight is 446 g/mol. The van der Waals surface area contributed by atoms with E-state index in [1.165, 1.54) is 7.11 Å². The zero-order chi connectivity index (χ0) is 20.1. The average Bonchev–Trinajstić information content (AvgIpc) is 3.07. The summed E-state index contributed by atoms with van der Waals surface area (Å²) in [6.45, 7) is 0.791. The van der Waals surface area contributed by atoms with Crippen LogP contribution in [0.2, 0.25) is 0 Å². The number of amides is 3. The molecule has 1 atom stereocenters. The van der Waals surface area contributed by atoms with Gasteiger partial charge in [0.05, 0.1) is 17.5 Å². The Kier molecular flexibility index (Phi) is 6.30. The third-order valence-corrected chi connectivity index (χ3v) is 5.13. The fourth-order valence-electron chi connectivity index (χ4n) is 3.00. The molecule has 7 nitrogen and oxygen atoms in total. The first-order chi connectivity index (χ1) is 13.5. The number of nitrogens with zero attached hydrogens (tertiary/aromatic N) is 1. The van der Waals surface area contributed by atoms with Crippen LogP contribution >= 0.6 is 15.9 Å². The second kappa shape index (κ2) is 8.88. The summed E-state index contributed by atoms with van der Waals surface area (Å²) in [5.41, 5.74) is 6.17. The fraction of sp³-hybridized carbons (Fsp3) is 0.250. The van der Waals surface area contributed by atoms with E-state index < -0.39 is 11.8 Å². The van der Waals surface area contributed by atoms with Gasteiger partial charge in [-0.1, -0.05) is 30.3 Å². The lowest BCUT2D eigenvalue weighted by molar-refractivity contribution is -0.129. The van der Waals surface area contributed by atoms with Crippen LogP contribution in [0, 0.1) is 5.92 Å². The molecular weight excluding hydrogens is 426 g/mol. The first kappa shape index (κ1) is 19.9. The molecule has 1 aliphatic rings. The Bertz CT molecular complexity index is 888. The molecule has 0 aliphatic carbocycles. The van der Waals surface area contributed by atoms with Crippen molar-refractivity contribution in [2.24, 2.45) is 5.92 Å². The van der Waals surface area contributed by atoms with Gasteiger partial charge in [0, 0.05) is 25.1 Å². The second-order valence-electron chi connectivity index (χ2n) is 6.45. The van der Waals surface area contributed by atoms with E-state index in [2.05, 4.69) is 26.8 Å². The van der Waals surface area contributed by atoms with Gasteiger partial charge >= 0.3 is 0 Å². The summed E-state index contributed by atoms with van der Waals surface area (Å²) in [6.07, 6.45) is 0.128. The summed E-state index contributed by atoms with van der Waals surface area (Å²) in [4.78, 5) is 38.4. The van der Waals surface area contributed by atoms with E-state index in [0.29, 0.717) is 28.9 Å². The fourth-order valence-corrected chi connectivity index (χ4v) is 3.55. The molecule has 2 N–H and O–H groups in total. The molecule has 0 aromatic heterocycles. The number of carbonyl (C=O) groups excluding carboxylic acids is 3. The number of hydrogen-bond acceptors (Lipinski definition) is 4. The number of halogens is 1.